The van der Waals surface area contributed by atoms with Crippen LogP contribution in [0, 0.1) is 6.92 Å². The Bertz CT molecular complexity index is 1020. The fourth-order valence-electron chi connectivity index (χ4n) is 3.73. The van der Waals surface area contributed by atoms with E-state index in [-0.39, 0.29) is 24.5 Å². The van der Waals surface area contributed by atoms with Gasteiger partial charge in [0.25, 0.3) is 11.7 Å². The number of likely N-dealkylation sites (tertiary alicyclic amines) is 1. The first-order valence-corrected chi connectivity index (χ1v) is 11.4. The highest BCUT2D eigenvalue weighted by molar-refractivity contribution is 9.10. The largest absolute Gasteiger partial charge is 0.507 e. The maximum atomic E-state index is 13.0. The van der Waals surface area contributed by atoms with Gasteiger partial charge in [-0.2, -0.15) is 0 Å². The van der Waals surface area contributed by atoms with Crippen molar-refractivity contribution >= 4 is 33.4 Å². The summed E-state index contributed by atoms with van der Waals surface area (Å²) in [5.74, 6) is -0.806. The van der Waals surface area contributed by atoms with E-state index in [9.17, 15) is 14.7 Å². The minimum absolute atomic E-state index is 0.0764. The summed E-state index contributed by atoms with van der Waals surface area (Å²) in [5, 5.41) is 11.2. The SMILES string of the molecule is CCCCOc1ccc(/C(O)=C2\C(=O)C(=O)N(CCOC)[C@@H]2c2ccc(Br)cc2)cc1C. The van der Waals surface area contributed by atoms with E-state index >= 15 is 0 Å². The third-order valence-electron chi connectivity index (χ3n) is 5.47. The number of rotatable bonds is 9. The quantitative estimate of drug-likeness (QED) is 0.226. The monoisotopic (exact) mass is 501 g/mol. The van der Waals surface area contributed by atoms with Gasteiger partial charge in [0.05, 0.1) is 24.8 Å². The summed E-state index contributed by atoms with van der Waals surface area (Å²) in [4.78, 5) is 27.3. The number of unbranched alkanes of at least 4 members (excludes halogenated alkanes) is 1. The third-order valence-corrected chi connectivity index (χ3v) is 5.99. The van der Waals surface area contributed by atoms with Gasteiger partial charge >= 0.3 is 0 Å². The van der Waals surface area contributed by atoms with Crippen LogP contribution >= 0.6 is 15.9 Å². The van der Waals surface area contributed by atoms with Gasteiger partial charge in [0, 0.05) is 23.7 Å². The molecule has 0 unspecified atom stereocenters. The summed E-state index contributed by atoms with van der Waals surface area (Å²) in [6.45, 7) is 5.13. The van der Waals surface area contributed by atoms with Crippen LogP contribution in [-0.2, 0) is 14.3 Å². The van der Waals surface area contributed by atoms with Gasteiger partial charge in [0.15, 0.2) is 0 Å². The average Bonchev–Trinajstić information content (AvgIpc) is 3.03. The third kappa shape index (κ3) is 5.05. The van der Waals surface area contributed by atoms with Crippen molar-refractivity contribution in [1.82, 2.24) is 4.90 Å². The first kappa shape index (κ1) is 24.0. The number of hydrogen-bond acceptors (Lipinski definition) is 5. The van der Waals surface area contributed by atoms with E-state index in [0.29, 0.717) is 12.2 Å². The number of carbonyl (C=O) groups is 2. The number of aliphatic hydroxyl groups excluding tert-OH is 1. The van der Waals surface area contributed by atoms with E-state index in [1.807, 2.05) is 31.2 Å². The normalized spacial score (nSPS) is 17.8. The van der Waals surface area contributed by atoms with Gasteiger partial charge in [0.2, 0.25) is 0 Å². The van der Waals surface area contributed by atoms with Crippen molar-refractivity contribution in [3.63, 3.8) is 0 Å². The van der Waals surface area contributed by atoms with Crippen LogP contribution in [0.2, 0.25) is 0 Å². The van der Waals surface area contributed by atoms with Crippen LogP contribution in [0.5, 0.6) is 5.75 Å². The molecule has 0 aromatic heterocycles. The molecule has 1 aliphatic heterocycles. The highest BCUT2D eigenvalue weighted by Crippen LogP contribution is 2.40. The second kappa shape index (κ2) is 10.8. The number of halogens is 1. The Morgan fingerprint density at radius 2 is 1.84 bits per heavy atom. The van der Waals surface area contributed by atoms with Gasteiger partial charge in [-0.25, -0.2) is 0 Å². The maximum absolute atomic E-state index is 13.0. The maximum Gasteiger partial charge on any atom is 0.295 e. The first-order chi connectivity index (χ1) is 15.4. The molecule has 2 aromatic carbocycles. The summed E-state index contributed by atoms with van der Waals surface area (Å²) < 4.78 is 11.8. The van der Waals surface area contributed by atoms with Crippen molar-refractivity contribution in [2.75, 3.05) is 26.9 Å². The molecule has 32 heavy (non-hydrogen) atoms. The van der Waals surface area contributed by atoms with Crippen LogP contribution in [0.3, 0.4) is 0 Å². The molecule has 2 aromatic rings. The molecular formula is C25H28BrNO5. The Balaban J connectivity index is 2.04. The van der Waals surface area contributed by atoms with Gasteiger partial charge in [-0.15, -0.1) is 0 Å². The predicted octanol–water partition coefficient (Wildman–Crippen LogP) is 5.00. The molecule has 1 amide bonds. The summed E-state index contributed by atoms with van der Waals surface area (Å²) >= 11 is 3.41. The van der Waals surface area contributed by atoms with Crippen molar-refractivity contribution in [2.45, 2.75) is 32.7 Å². The Labute approximate surface area is 197 Å². The molecule has 0 radical (unpaired) electrons. The molecule has 0 aliphatic carbocycles. The van der Waals surface area contributed by atoms with Crippen LogP contribution in [0.4, 0.5) is 0 Å². The van der Waals surface area contributed by atoms with Crippen LogP contribution in [-0.4, -0.2) is 48.6 Å². The summed E-state index contributed by atoms with van der Waals surface area (Å²) in [7, 11) is 1.54. The first-order valence-electron chi connectivity index (χ1n) is 10.7. The van der Waals surface area contributed by atoms with Gasteiger partial charge in [0.1, 0.15) is 11.5 Å². The molecular weight excluding hydrogens is 474 g/mol. The molecule has 1 aliphatic rings. The number of Topliss-reactive ketones (excluding diaryl/α,β-unsaturated/α-hetero) is 1. The van der Waals surface area contributed by atoms with Gasteiger partial charge < -0.3 is 19.5 Å². The van der Waals surface area contributed by atoms with Crippen LogP contribution in [0.15, 0.2) is 52.5 Å². The number of carbonyl (C=O) groups excluding carboxylic acids is 2. The molecule has 6 nitrogen and oxygen atoms in total. The highest BCUT2D eigenvalue weighted by atomic mass is 79.9. The Kier molecular flexibility index (Phi) is 8.10. The number of hydrogen-bond donors (Lipinski definition) is 1. The number of amides is 1. The second-order valence-electron chi connectivity index (χ2n) is 7.72. The number of nitrogens with zero attached hydrogens (tertiary/aromatic N) is 1. The number of aryl methyl sites for hydroxylation is 1. The standard InChI is InChI=1S/C25H28BrNO5/c1-4-5-13-32-20-11-8-18(15-16(20)2)23(28)21-22(17-6-9-19(26)10-7-17)27(12-14-31-3)25(30)24(21)29/h6-11,15,22,28H,4-5,12-14H2,1-3H3/b23-21+/t22-/m1/s1. The van der Waals surface area contributed by atoms with Gasteiger partial charge in [-0.3, -0.25) is 9.59 Å². The molecule has 1 saturated heterocycles. The molecule has 7 heteroatoms. The van der Waals surface area contributed by atoms with E-state index in [1.165, 1.54) is 12.0 Å². The number of methoxy groups -OCH3 is 1. The molecule has 170 valence electrons. The Morgan fingerprint density at radius 1 is 1.12 bits per heavy atom. The fraction of sp³-hybridized carbons (Fsp3) is 0.360. The van der Waals surface area contributed by atoms with Crippen LogP contribution < -0.4 is 4.74 Å². The van der Waals surface area contributed by atoms with Crippen molar-refractivity contribution in [3.8, 4) is 5.75 Å². The molecule has 3 rings (SSSR count). The van der Waals surface area contributed by atoms with E-state index < -0.39 is 17.7 Å². The average molecular weight is 502 g/mol. The number of ether oxygens (including phenoxy) is 2. The minimum Gasteiger partial charge on any atom is -0.507 e. The summed E-state index contributed by atoms with van der Waals surface area (Å²) in [6, 6.07) is 11.9. The predicted molar refractivity (Wildman–Crippen MR) is 127 cm³/mol. The van der Waals surface area contributed by atoms with Crippen molar-refractivity contribution < 1.29 is 24.2 Å². The zero-order valence-corrected chi connectivity index (χ0v) is 20.1. The highest BCUT2D eigenvalue weighted by Gasteiger charge is 2.45. The van der Waals surface area contributed by atoms with Crippen molar-refractivity contribution in [2.24, 2.45) is 0 Å². The second-order valence-corrected chi connectivity index (χ2v) is 8.63. The molecule has 0 saturated carbocycles. The van der Waals surface area contributed by atoms with Crippen LogP contribution in [0.25, 0.3) is 5.76 Å². The van der Waals surface area contributed by atoms with Gasteiger partial charge in [-0.05, 0) is 54.8 Å². The lowest BCUT2D eigenvalue weighted by atomic mass is 9.95. The number of benzene rings is 2. The van der Waals surface area contributed by atoms with Crippen molar-refractivity contribution in [1.29, 1.82) is 0 Å². The van der Waals surface area contributed by atoms with Gasteiger partial charge in [-0.1, -0.05) is 41.4 Å². The molecule has 1 N–H and O–H groups in total. The zero-order valence-electron chi connectivity index (χ0n) is 18.6. The minimum atomic E-state index is -0.701. The Hall–Kier alpha value is -2.64. The summed E-state index contributed by atoms with van der Waals surface area (Å²) in [5.41, 5.74) is 2.13. The zero-order chi connectivity index (χ0) is 23.3. The topological polar surface area (TPSA) is 76.1 Å². The summed E-state index contributed by atoms with van der Waals surface area (Å²) in [6.07, 6.45) is 2.00. The van der Waals surface area contributed by atoms with E-state index in [2.05, 4.69) is 22.9 Å². The fourth-order valence-corrected chi connectivity index (χ4v) is 4.00. The molecule has 1 fully saturated rings. The van der Waals surface area contributed by atoms with E-state index in [0.717, 1.165) is 34.2 Å². The molecule has 1 atom stereocenters. The van der Waals surface area contributed by atoms with Crippen molar-refractivity contribution in [3.05, 3.63) is 69.2 Å². The molecule has 0 spiro atoms. The van der Waals surface area contributed by atoms with Crippen LogP contribution in [0.1, 0.15) is 42.5 Å². The van der Waals surface area contributed by atoms with E-state index in [1.54, 1.807) is 18.2 Å². The molecule has 1 heterocycles. The lowest BCUT2D eigenvalue weighted by Crippen LogP contribution is -2.32. The molecule has 0 bridgehead atoms. The smallest absolute Gasteiger partial charge is 0.295 e. The number of ketones is 1. The lowest BCUT2D eigenvalue weighted by molar-refractivity contribution is -0.140. The number of aliphatic hydroxyl groups is 1. The van der Waals surface area contributed by atoms with E-state index in [4.69, 9.17) is 9.47 Å². The Morgan fingerprint density at radius 3 is 2.47 bits per heavy atom. The lowest BCUT2D eigenvalue weighted by Gasteiger charge is -2.25.